The summed E-state index contributed by atoms with van der Waals surface area (Å²) < 4.78 is 2.31. The molecular formula is C16H19NO. The fraction of sp³-hybridized carbons (Fsp3) is 0.438. The van der Waals surface area contributed by atoms with Crippen molar-refractivity contribution in [1.82, 2.24) is 4.57 Å². The summed E-state index contributed by atoms with van der Waals surface area (Å²) in [7, 11) is 0. The van der Waals surface area contributed by atoms with Gasteiger partial charge in [0.1, 0.15) is 5.78 Å². The lowest BCUT2D eigenvalue weighted by molar-refractivity contribution is -0.122. The molecule has 18 heavy (non-hydrogen) atoms. The van der Waals surface area contributed by atoms with Crippen molar-refractivity contribution < 1.29 is 4.79 Å². The molecule has 2 nitrogen and oxygen atoms in total. The van der Waals surface area contributed by atoms with Gasteiger partial charge >= 0.3 is 0 Å². The molecule has 1 aliphatic rings. The molecule has 2 heteroatoms. The molecule has 1 unspecified atom stereocenters. The third-order valence-corrected chi connectivity index (χ3v) is 4.07. The van der Waals surface area contributed by atoms with Crippen LogP contribution in [0.2, 0.25) is 0 Å². The molecule has 1 aromatic carbocycles. The van der Waals surface area contributed by atoms with Crippen LogP contribution in [0.1, 0.15) is 44.2 Å². The molecule has 0 saturated heterocycles. The van der Waals surface area contributed by atoms with E-state index in [0.29, 0.717) is 5.78 Å². The minimum absolute atomic E-state index is 0.131. The highest BCUT2D eigenvalue weighted by molar-refractivity contribution is 5.89. The summed E-state index contributed by atoms with van der Waals surface area (Å²) in [6, 6.07) is 10.6. The van der Waals surface area contributed by atoms with Gasteiger partial charge in [-0.1, -0.05) is 24.6 Å². The topological polar surface area (TPSA) is 22.0 Å². The number of ketones is 1. The highest BCUT2D eigenvalue weighted by Gasteiger charge is 2.26. The van der Waals surface area contributed by atoms with Gasteiger partial charge in [0, 0.05) is 24.2 Å². The van der Waals surface area contributed by atoms with Crippen LogP contribution in [0.5, 0.6) is 0 Å². The molecule has 3 rings (SSSR count). The molecule has 1 aromatic heterocycles. The first-order valence-electron chi connectivity index (χ1n) is 6.92. The van der Waals surface area contributed by atoms with Crippen molar-refractivity contribution in [3.63, 3.8) is 0 Å². The van der Waals surface area contributed by atoms with E-state index in [0.717, 1.165) is 25.8 Å². The first-order chi connectivity index (χ1) is 8.81. The largest absolute Gasteiger partial charge is 0.344 e. The van der Waals surface area contributed by atoms with E-state index in [2.05, 4.69) is 41.8 Å². The average molecular weight is 241 g/mol. The smallest absolute Gasteiger partial charge is 0.141 e. The molecule has 0 amide bonds. The molecule has 94 valence electrons. The van der Waals surface area contributed by atoms with Crippen LogP contribution in [0, 0.1) is 0 Å². The minimum atomic E-state index is 0.131. The van der Waals surface area contributed by atoms with Crippen molar-refractivity contribution in [2.75, 3.05) is 0 Å². The number of carbonyl (C=O) groups is 1. The van der Waals surface area contributed by atoms with Gasteiger partial charge in [0.25, 0.3) is 0 Å². The van der Waals surface area contributed by atoms with Crippen LogP contribution in [0.15, 0.2) is 30.3 Å². The van der Waals surface area contributed by atoms with Gasteiger partial charge in [-0.15, -0.1) is 0 Å². The Balaban J connectivity index is 2.13. The molecule has 1 aliphatic carbocycles. The van der Waals surface area contributed by atoms with E-state index in [9.17, 15) is 4.79 Å². The van der Waals surface area contributed by atoms with Crippen molar-refractivity contribution >= 4 is 16.7 Å². The second-order valence-corrected chi connectivity index (χ2v) is 5.14. The second kappa shape index (κ2) is 4.60. The van der Waals surface area contributed by atoms with E-state index in [4.69, 9.17) is 0 Å². The van der Waals surface area contributed by atoms with Crippen LogP contribution in [0.25, 0.3) is 10.9 Å². The Labute approximate surface area is 108 Å². The summed E-state index contributed by atoms with van der Waals surface area (Å²) in [6.45, 7) is 3.09. The lowest BCUT2D eigenvalue weighted by Crippen LogP contribution is -2.19. The Morgan fingerprint density at radius 1 is 1.28 bits per heavy atom. The maximum absolute atomic E-state index is 12.1. The zero-order valence-electron chi connectivity index (χ0n) is 10.9. The van der Waals surface area contributed by atoms with Gasteiger partial charge in [-0.25, -0.2) is 0 Å². The number of benzene rings is 1. The third kappa shape index (κ3) is 1.76. The van der Waals surface area contributed by atoms with Gasteiger partial charge in [0.2, 0.25) is 0 Å². The zero-order valence-corrected chi connectivity index (χ0v) is 10.9. The lowest BCUT2D eigenvalue weighted by Gasteiger charge is -2.22. The average Bonchev–Trinajstić information content (AvgIpc) is 2.77. The lowest BCUT2D eigenvalue weighted by atomic mass is 9.85. The minimum Gasteiger partial charge on any atom is -0.344 e. The van der Waals surface area contributed by atoms with Crippen LogP contribution in [0.4, 0.5) is 0 Å². The number of fused-ring (bicyclic) bond motifs is 1. The molecular weight excluding hydrogens is 222 g/mol. The molecule has 1 saturated carbocycles. The fourth-order valence-corrected chi connectivity index (χ4v) is 3.17. The molecule has 2 aromatic rings. The highest BCUT2D eigenvalue weighted by atomic mass is 16.1. The van der Waals surface area contributed by atoms with Gasteiger partial charge in [-0.2, -0.15) is 0 Å². The summed E-state index contributed by atoms with van der Waals surface area (Å²) in [5, 5.41) is 1.26. The van der Waals surface area contributed by atoms with Gasteiger partial charge < -0.3 is 4.57 Å². The van der Waals surface area contributed by atoms with Crippen LogP contribution in [-0.2, 0) is 11.3 Å². The predicted molar refractivity (Wildman–Crippen MR) is 73.8 cm³/mol. The molecule has 0 spiro atoms. The summed E-state index contributed by atoms with van der Waals surface area (Å²) in [5.41, 5.74) is 2.48. The van der Waals surface area contributed by atoms with Crippen molar-refractivity contribution in [2.24, 2.45) is 0 Å². The zero-order chi connectivity index (χ0) is 12.5. The quantitative estimate of drug-likeness (QED) is 0.782. The van der Waals surface area contributed by atoms with Crippen LogP contribution >= 0.6 is 0 Å². The van der Waals surface area contributed by atoms with E-state index in [1.54, 1.807) is 0 Å². The standard InChI is InChI=1S/C16H19NO/c1-2-17-14-9-5-3-7-12(14)11-15(17)13-8-4-6-10-16(13)18/h3,5,7,9,11,13H,2,4,6,8,10H2,1H3. The summed E-state index contributed by atoms with van der Waals surface area (Å²) in [5.74, 6) is 0.560. The van der Waals surface area contributed by atoms with E-state index in [1.165, 1.54) is 23.0 Å². The third-order valence-electron chi connectivity index (χ3n) is 4.07. The van der Waals surface area contributed by atoms with Crippen LogP contribution in [0.3, 0.4) is 0 Å². The fourth-order valence-electron chi connectivity index (χ4n) is 3.17. The number of Topliss-reactive ketones (excluding diaryl/α,β-unsaturated/α-hetero) is 1. The van der Waals surface area contributed by atoms with Gasteiger partial charge in [0.15, 0.2) is 0 Å². The van der Waals surface area contributed by atoms with E-state index >= 15 is 0 Å². The number of hydrogen-bond donors (Lipinski definition) is 0. The van der Waals surface area contributed by atoms with Crippen molar-refractivity contribution in [3.05, 3.63) is 36.0 Å². The molecule has 0 N–H and O–H groups in total. The Hall–Kier alpha value is -1.57. The van der Waals surface area contributed by atoms with E-state index in [1.807, 2.05) is 0 Å². The molecule has 1 heterocycles. The second-order valence-electron chi connectivity index (χ2n) is 5.14. The molecule has 0 bridgehead atoms. The Morgan fingerprint density at radius 3 is 2.89 bits per heavy atom. The number of hydrogen-bond acceptors (Lipinski definition) is 1. The maximum Gasteiger partial charge on any atom is 0.141 e. The molecule has 0 aliphatic heterocycles. The van der Waals surface area contributed by atoms with E-state index in [-0.39, 0.29) is 5.92 Å². The number of nitrogens with zero attached hydrogens (tertiary/aromatic N) is 1. The Kier molecular flexibility index (Phi) is 2.94. The Bertz CT molecular complexity index is 582. The van der Waals surface area contributed by atoms with Crippen molar-refractivity contribution in [2.45, 2.75) is 45.1 Å². The molecule has 1 atom stereocenters. The summed E-state index contributed by atoms with van der Waals surface area (Å²) >= 11 is 0. The molecule has 0 radical (unpaired) electrons. The molecule has 1 fully saturated rings. The SMILES string of the molecule is CCn1c(C2CCCCC2=O)cc2ccccc21. The first-order valence-corrected chi connectivity index (χ1v) is 6.92. The normalized spacial score (nSPS) is 20.5. The number of para-hydroxylation sites is 1. The van der Waals surface area contributed by atoms with Crippen molar-refractivity contribution in [1.29, 1.82) is 0 Å². The van der Waals surface area contributed by atoms with Crippen molar-refractivity contribution in [3.8, 4) is 0 Å². The van der Waals surface area contributed by atoms with Gasteiger partial charge in [-0.3, -0.25) is 4.79 Å². The maximum atomic E-state index is 12.1. The highest BCUT2D eigenvalue weighted by Crippen LogP contribution is 2.33. The van der Waals surface area contributed by atoms with Crippen LogP contribution in [-0.4, -0.2) is 10.4 Å². The number of carbonyl (C=O) groups excluding carboxylic acids is 1. The summed E-state index contributed by atoms with van der Waals surface area (Å²) in [4.78, 5) is 12.1. The summed E-state index contributed by atoms with van der Waals surface area (Å²) in [6.07, 6.45) is 4.04. The van der Waals surface area contributed by atoms with Crippen LogP contribution < -0.4 is 0 Å². The monoisotopic (exact) mass is 241 g/mol. The number of aryl methyl sites for hydroxylation is 1. The number of aromatic nitrogens is 1. The Morgan fingerprint density at radius 2 is 2.11 bits per heavy atom. The number of rotatable bonds is 2. The van der Waals surface area contributed by atoms with Gasteiger partial charge in [-0.05, 0) is 37.3 Å². The van der Waals surface area contributed by atoms with Gasteiger partial charge in [0.05, 0.1) is 5.92 Å². The van der Waals surface area contributed by atoms with E-state index < -0.39 is 0 Å². The first kappa shape index (κ1) is 11.5. The predicted octanol–water partition coefficient (Wildman–Crippen LogP) is 3.89.